The monoisotopic (exact) mass is 270 g/mol. The number of aromatic nitrogens is 1. The predicted octanol–water partition coefficient (Wildman–Crippen LogP) is 0.448. The summed E-state index contributed by atoms with van der Waals surface area (Å²) < 4.78 is 1.47. The lowest BCUT2D eigenvalue weighted by atomic mass is 9.83. The average molecular weight is 270 g/mol. The summed E-state index contributed by atoms with van der Waals surface area (Å²) in [6.07, 6.45) is 0. The zero-order valence-electron chi connectivity index (χ0n) is 10.8. The van der Waals surface area contributed by atoms with Crippen molar-refractivity contribution < 1.29 is 9.90 Å². The van der Waals surface area contributed by atoms with E-state index in [4.69, 9.17) is 0 Å². The number of rotatable bonds is 3. The second kappa shape index (κ2) is 4.51. The summed E-state index contributed by atoms with van der Waals surface area (Å²) in [5.74, 6) is 0.0241. The molecule has 1 aliphatic heterocycles. The number of thiazole rings is 1. The van der Waals surface area contributed by atoms with Crippen LogP contribution in [0.5, 0.6) is 0 Å². The number of likely N-dealkylation sites (tertiary alicyclic amines) is 1. The standard InChI is InChI=1S/C12H18N2O3S/c1-8(2)12(17)6-13(7-12)10(15)4-14-9(3)5-18-11(14)16/h5,8,17H,4,6-7H2,1-3H3. The number of nitrogens with zero attached hydrogens (tertiary/aromatic N) is 2. The molecule has 1 amide bonds. The van der Waals surface area contributed by atoms with Gasteiger partial charge in [0.15, 0.2) is 0 Å². The molecule has 0 unspecified atom stereocenters. The topological polar surface area (TPSA) is 62.5 Å². The fourth-order valence-electron chi connectivity index (χ4n) is 1.99. The predicted molar refractivity (Wildman–Crippen MR) is 69.7 cm³/mol. The number of hydrogen-bond donors (Lipinski definition) is 1. The molecule has 18 heavy (non-hydrogen) atoms. The van der Waals surface area contributed by atoms with Gasteiger partial charge in [0.05, 0.1) is 13.1 Å². The lowest BCUT2D eigenvalue weighted by Crippen LogP contribution is -2.66. The first-order valence-corrected chi connectivity index (χ1v) is 6.86. The zero-order valence-corrected chi connectivity index (χ0v) is 11.7. The van der Waals surface area contributed by atoms with Crippen LogP contribution in [0.15, 0.2) is 10.2 Å². The van der Waals surface area contributed by atoms with E-state index in [2.05, 4.69) is 0 Å². The SMILES string of the molecule is Cc1csc(=O)n1CC(=O)N1CC(O)(C(C)C)C1. The minimum Gasteiger partial charge on any atom is -0.386 e. The van der Waals surface area contributed by atoms with E-state index in [-0.39, 0.29) is 23.2 Å². The van der Waals surface area contributed by atoms with Crippen molar-refractivity contribution in [1.82, 2.24) is 9.47 Å². The molecular formula is C12H18N2O3S. The van der Waals surface area contributed by atoms with Crippen molar-refractivity contribution in [2.45, 2.75) is 32.9 Å². The van der Waals surface area contributed by atoms with Crippen LogP contribution < -0.4 is 4.87 Å². The Balaban J connectivity index is 1.98. The minimum absolute atomic E-state index is 0.0718. The van der Waals surface area contributed by atoms with Crippen LogP contribution in [0.2, 0.25) is 0 Å². The van der Waals surface area contributed by atoms with Crippen LogP contribution >= 0.6 is 11.3 Å². The summed E-state index contributed by atoms with van der Waals surface area (Å²) in [7, 11) is 0. The smallest absolute Gasteiger partial charge is 0.307 e. The maximum absolute atomic E-state index is 12.0. The Bertz CT molecular complexity index is 512. The first-order chi connectivity index (χ1) is 8.33. The largest absolute Gasteiger partial charge is 0.386 e. The Morgan fingerprint density at radius 1 is 1.56 bits per heavy atom. The molecule has 100 valence electrons. The molecule has 0 bridgehead atoms. The lowest BCUT2D eigenvalue weighted by molar-refractivity contribution is -0.164. The third-order valence-corrected chi connectivity index (χ3v) is 4.51. The van der Waals surface area contributed by atoms with Gasteiger partial charge in [0.25, 0.3) is 0 Å². The van der Waals surface area contributed by atoms with E-state index in [9.17, 15) is 14.7 Å². The maximum Gasteiger partial charge on any atom is 0.307 e. The fraction of sp³-hybridized carbons (Fsp3) is 0.667. The van der Waals surface area contributed by atoms with Crippen LogP contribution in [0.25, 0.3) is 0 Å². The maximum atomic E-state index is 12.0. The Labute approximate surface area is 110 Å². The van der Waals surface area contributed by atoms with Crippen molar-refractivity contribution >= 4 is 17.2 Å². The minimum atomic E-state index is -0.760. The molecule has 2 heterocycles. The summed E-state index contributed by atoms with van der Waals surface area (Å²) in [5, 5.41) is 11.8. The third-order valence-electron chi connectivity index (χ3n) is 3.63. The Hall–Kier alpha value is -1.14. The van der Waals surface area contributed by atoms with Crippen LogP contribution in [-0.4, -0.2) is 39.2 Å². The quantitative estimate of drug-likeness (QED) is 0.867. The second-order valence-corrected chi connectivity index (χ2v) is 6.06. The van der Waals surface area contributed by atoms with Crippen molar-refractivity contribution in [2.24, 2.45) is 5.92 Å². The molecule has 1 aromatic rings. The Morgan fingerprint density at radius 3 is 2.61 bits per heavy atom. The summed E-state index contributed by atoms with van der Waals surface area (Å²) in [6.45, 7) is 6.49. The third kappa shape index (κ3) is 2.22. The number of aliphatic hydroxyl groups is 1. The van der Waals surface area contributed by atoms with E-state index in [1.54, 1.807) is 10.3 Å². The van der Waals surface area contributed by atoms with Gasteiger partial charge < -0.3 is 10.0 Å². The number of aryl methyl sites for hydroxylation is 1. The zero-order chi connectivity index (χ0) is 13.5. The Kier molecular flexibility index (Phi) is 3.33. The van der Waals surface area contributed by atoms with Crippen LogP contribution in [0, 0.1) is 12.8 Å². The molecular weight excluding hydrogens is 252 g/mol. The van der Waals surface area contributed by atoms with Gasteiger partial charge in [0, 0.05) is 11.1 Å². The number of amides is 1. The lowest BCUT2D eigenvalue weighted by Gasteiger charge is -2.49. The van der Waals surface area contributed by atoms with E-state index in [0.717, 1.165) is 17.0 Å². The first-order valence-electron chi connectivity index (χ1n) is 5.98. The van der Waals surface area contributed by atoms with Gasteiger partial charge in [-0.25, -0.2) is 0 Å². The van der Waals surface area contributed by atoms with Crippen LogP contribution in [0.3, 0.4) is 0 Å². The van der Waals surface area contributed by atoms with Crippen molar-refractivity contribution in [3.05, 3.63) is 20.7 Å². The van der Waals surface area contributed by atoms with E-state index in [1.165, 1.54) is 4.57 Å². The van der Waals surface area contributed by atoms with Gasteiger partial charge in [-0.1, -0.05) is 25.2 Å². The number of β-amino-alcohol motifs (C(OH)–C–C–N with tert-alkyl or cyclic N) is 1. The van der Waals surface area contributed by atoms with Gasteiger partial charge in [-0.3, -0.25) is 14.2 Å². The fourth-order valence-corrected chi connectivity index (χ4v) is 2.72. The Morgan fingerprint density at radius 2 is 2.17 bits per heavy atom. The van der Waals surface area contributed by atoms with Gasteiger partial charge in [-0.05, 0) is 12.8 Å². The molecule has 1 aliphatic rings. The number of carbonyl (C=O) groups excluding carboxylic acids is 1. The summed E-state index contributed by atoms with van der Waals surface area (Å²) in [4.78, 5) is 25.0. The molecule has 0 radical (unpaired) electrons. The molecule has 6 heteroatoms. The van der Waals surface area contributed by atoms with Crippen molar-refractivity contribution in [2.75, 3.05) is 13.1 Å². The average Bonchev–Trinajstić information content (AvgIpc) is 2.56. The molecule has 1 N–H and O–H groups in total. The highest BCUT2D eigenvalue weighted by Crippen LogP contribution is 2.28. The van der Waals surface area contributed by atoms with E-state index in [0.29, 0.717) is 13.1 Å². The van der Waals surface area contributed by atoms with Gasteiger partial charge in [-0.2, -0.15) is 0 Å². The van der Waals surface area contributed by atoms with Gasteiger partial charge in [0.2, 0.25) is 5.91 Å². The molecule has 1 fully saturated rings. The molecule has 1 aromatic heterocycles. The molecule has 0 spiro atoms. The molecule has 0 aliphatic carbocycles. The molecule has 2 rings (SSSR count). The first kappa shape index (κ1) is 13.3. The van der Waals surface area contributed by atoms with Crippen molar-refractivity contribution in [3.8, 4) is 0 Å². The van der Waals surface area contributed by atoms with Crippen LogP contribution in [0.1, 0.15) is 19.5 Å². The van der Waals surface area contributed by atoms with Crippen molar-refractivity contribution in [1.29, 1.82) is 0 Å². The number of hydrogen-bond acceptors (Lipinski definition) is 4. The van der Waals surface area contributed by atoms with E-state index >= 15 is 0 Å². The van der Waals surface area contributed by atoms with Gasteiger partial charge in [0.1, 0.15) is 12.1 Å². The highest BCUT2D eigenvalue weighted by molar-refractivity contribution is 7.07. The molecule has 1 saturated heterocycles. The molecule has 0 saturated carbocycles. The summed E-state index contributed by atoms with van der Waals surface area (Å²) in [6, 6.07) is 0. The summed E-state index contributed by atoms with van der Waals surface area (Å²) >= 11 is 1.10. The molecule has 0 atom stereocenters. The highest BCUT2D eigenvalue weighted by Gasteiger charge is 2.45. The van der Waals surface area contributed by atoms with Crippen molar-refractivity contribution in [3.63, 3.8) is 0 Å². The molecule has 5 nitrogen and oxygen atoms in total. The van der Waals surface area contributed by atoms with E-state index in [1.807, 2.05) is 20.8 Å². The van der Waals surface area contributed by atoms with Gasteiger partial charge in [-0.15, -0.1) is 0 Å². The molecule has 0 aromatic carbocycles. The highest BCUT2D eigenvalue weighted by atomic mass is 32.1. The number of carbonyl (C=O) groups is 1. The normalized spacial score (nSPS) is 17.9. The van der Waals surface area contributed by atoms with Gasteiger partial charge >= 0.3 is 4.87 Å². The second-order valence-electron chi connectivity index (χ2n) is 5.24. The van der Waals surface area contributed by atoms with Crippen LogP contribution in [0.4, 0.5) is 0 Å². The van der Waals surface area contributed by atoms with Crippen LogP contribution in [-0.2, 0) is 11.3 Å². The summed E-state index contributed by atoms with van der Waals surface area (Å²) in [5.41, 5.74) is 0.0441. The van der Waals surface area contributed by atoms with E-state index < -0.39 is 5.60 Å².